The number of carbonyl (C=O) groups excluding carboxylic acids is 1. The monoisotopic (exact) mass is 390 g/mol. The highest BCUT2D eigenvalue weighted by Crippen LogP contribution is 2.32. The van der Waals surface area contributed by atoms with Gasteiger partial charge in [-0.05, 0) is 57.6 Å². The van der Waals surface area contributed by atoms with Gasteiger partial charge in [0.2, 0.25) is 0 Å². The van der Waals surface area contributed by atoms with Gasteiger partial charge < -0.3 is 25.4 Å². The molecule has 1 aromatic rings. The molecule has 1 saturated carbocycles. The molecule has 1 fully saturated rings. The van der Waals surface area contributed by atoms with Crippen LogP contribution in [0.15, 0.2) is 23.2 Å². The second kappa shape index (κ2) is 11.4. The highest BCUT2D eigenvalue weighted by Gasteiger charge is 2.32. The van der Waals surface area contributed by atoms with E-state index in [4.69, 9.17) is 9.47 Å². The third-order valence-corrected chi connectivity index (χ3v) is 4.68. The second-order valence-corrected chi connectivity index (χ2v) is 7.02. The maximum absolute atomic E-state index is 11.7. The summed E-state index contributed by atoms with van der Waals surface area (Å²) in [6, 6.07) is 6.23. The van der Waals surface area contributed by atoms with Crippen molar-refractivity contribution in [2.24, 2.45) is 10.9 Å². The first kappa shape index (κ1) is 21.9. The van der Waals surface area contributed by atoms with Gasteiger partial charge in [-0.2, -0.15) is 0 Å². The molecule has 0 aliphatic heterocycles. The summed E-state index contributed by atoms with van der Waals surface area (Å²) in [5, 5.41) is 9.58. The number of hydrogen-bond acceptors (Lipinski definition) is 4. The number of benzene rings is 1. The van der Waals surface area contributed by atoms with Crippen LogP contribution >= 0.6 is 0 Å². The topological polar surface area (TPSA) is 84.0 Å². The standard InChI is InChI=1S/C21H34N4O3/c1-5-22-20(23-12-11-17-13-15(3)7-10-19(17)27-4)24-14-18(16-8-9-16)25-21(26)28-6-2/h7,10,13,16,18H,5-6,8-9,11-12,14H2,1-4H3,(H,25,26)(H2,22,23,24). The summed E-state index contributed by atoms with van der Waals surface area (Å²) in [5.74, 6) is 2.15. The summed E-state index contributed by atoms with van der Waals surface area (Å²) in [4.78, 5) is 16.4. The van der Waals surface area contributed by atoms with Crippen molar-refractivity contribution in [2.75, 3.05) is 33.4 Å². The number of hydrogen-bond donors (Lipinski definition) is 3. The quantitative estimate of drug-likeness (QED) is 0.422. The lowest BCUT2D eigenvalue weighted by Gasteiger charge is -2.18. The molecule has 1 aromatic carbocycles. The first-order chi connectivity index (χ1) is 13.6. The van der Waals surface area contributed by atoms with Crippen molar-refractivity contribution in [3.63, 3.8) is 0 Å². The van der Waals surface area contributed by atoms with Crippen LogP contribution in [0, 0.1) is 12.8 Å². The van der Waals surface area contributed by atoms with E-state index in [1.165, 1.54) is 11.1 Å². The molecule has 0 bridgehead atoms. The number of nitrogens with one attached hydrogen (secondary N) is 3. The van der Waals surface area contributed by atoms with E-state index in [0.29, 0.717) is 19.1 Å². The average Bonchev–Trinajstić information content (AvgIpc) is 3.50. The zero-order chi connectivity index (χ0) is 20.4. The van der Waals surface area contributed by atoms with Crippen LogP contribution in [-0.2, 0) is 11.2 Å². The van der Waals surface area contributed by atoms with Gasteiger partial charge in [-0.25, -0.2) is 4.79 Å². The highest BCUT2D eigenvalue weighted by atomic mass is 16.5. The summed E-state index contributed by atoms with van der Waals surface area (Å²) >= 11 is 0. The van der Waals surface area contributed by atoms with Crippen molar-refractivity contribution in [3.8, 4) is 5.75 Å². The first-order valence-corrected chi connectivity index (χ1v) is 10.2. The van der Waals surface area contributed by atoms with E-state index in [9.17, 15) is 4.79 Å². The van der Waals surface area contributed by atoms with Crippen molar-refractivity contribution in [2.45, 2.75) is 46.1 Å². The van der Waals surface area contributed by atoms with Gasteiger partial charge in [0.05, 0.1) is 26.3 Å². The molecule has 1 aliphatic rings. The molecular formula is C21H34N4O3. The van der Waals surface area contributed by atoms with Crippen molar-refractivity contribution >= 4 is 12.1 Å². The Labute approximate surface area is 168 Å². The molecule has 0 heterocycles. The Hall–Kier alpha value is -2.44. The maximum atomic E-state index is 11.7. The number of alkyl carbamates (subject to hydrolysis) is 1. The van der Waals surface area contributed by atoms with Gasteiger partial charge in [0.15, 0.2) is 5.96 Å². The Bertz CT molecular complexity index is 659. The van der Waals surface area contributed by atoms with E-state index in [0.717, 1.165) is 44.1 Å². The summed E-state index contributed by atoms with van der Waals surface area (Å²) in [5.41, 5.74) is 2.39. The molecule has 0 radical (unpaired) electrons. The van der Waals surface area contributed by atoms with Crippen LogP contribution in [0.1, 0.15) is 37.8 Å². The molecule has 0 saturated heterocycles. The summed E-state index contributed by atoms with van der Waals surface area (Å²) in [6.45, 7) is 8.35. The third kappa shape index (κ3) is 7.29. The van der Waals surface area contributed by atoms with Crippen LogP contribution in [0.5, 0.6) is 5.75 Å². The molecule has 3 N–H and O–H groups in total. The predicted molar refractivity (Wildman–Crippen MR) is 112 cm³/mol. The number of carbonyl (C=O) groups is 1. The van der Waals surface area contributed by atoms with Crippen LogP contribution in [0.4, 0.5) is 4.79 Å². The molecule has 2 rings (SSSR count). The van der Waals surface area contributed by atoms with Gasteiger partial charge in [-0.1, -0.05) is 17.7 Å². The molecule has 1 amide bonds. The van der Waals surface area contributed by atoms with Gasteiger partial charge in [0.25, 0.3) is 0 Å². The Morgan fingerprint density at radius 3 is 2.71 bits per heavy atom. The van der Waals surface area contributed by atoms with Gasteiger partial charge in [0.1, 0.15) is 5.75 Å². The number of ether oxygens (including phenoxy) is 2. The normalized spacial score (nSPS) is 14.9. The lowest BCUT2D eigenvalue weighted by atomic mass is 10.1. The fourth-order valence-electron chi connectivity index (χ4n) is 3.08. The van der Waals surface area contributed by atoms with E-state index in [-0.39, 0.29) is 12.1 Å². The fourth-order valence-corrected chi connectivity index (χ4v) is 3.08. The Morgan fingerprint density at radius 2 is 2.07 bits per heavy atom. The summed E-state index contributed by atoms with van der Waals surface area (Å²) in [6.07, 6.45) is 2.73. The first-order valence-electron chi connectivity index (χ1n) is 10.2. The smallest absolute Gasteiger partial charge is 0.407 e. The van der Waals surface area contributed by atoms with Crippen LogP contribution in [0.2, 0.25) is 0 Å². The number of amides is 1. The van der Waals surface area contributed by atoms with Gasteiger partial charge in [-0.15, -0.1) is 0 Å². The molecule has 7 nitrogen and oxygen atoms in total. The van der Waals surface area contributed by atoms with Crippen LogP contribution < -0.4 is 20.7 Å². The number of nitrogens with zero attached hydrogens (tertiary/aromatic N) is 1. The van der Waals surface area contributed by atoms with Crippen molar-refractivity contribution in [1.29, 1.82) is 0 Å². The van der Waals surface area contributed by atoms with Crippen LogP contribution in [-0.4, -0.2) is 51.4 Å². The SMILES string of the molecule is CCNC(=NCC(NC(=O)OCC)C1CC1)NCCc1cc(C)ccc1OC. The molecule has 1 atom stereocenters. The lowest BCUT2D eigenvalue weighted by molar-refractivity contribution is 0.147. The molecule has 7 heteroatoms. The lowest BCUT2D eigenvalue weighted by Crippen LogP contribution is -2.42. The van der Waals surface area contributed by atoms with E-state index in [1.54, 1.807) is 14.0 Å². The van der Waals surface area contributed by atoms with E-state index in [1.807, 2.05) is 13.0 Å². The average molecular weight is 391 g/mol. The zero-order valence-corrected chi connectivity index (χ0v) is 17.5. The van der Waals surface area contributed by atoms with E-state index >= 15 is 0 Å². The van der Waals surface area contributed by atoms with Crippen LogP contribution in [0.25, 0.3) is 0 Å². The fraction of sp³-hybridized carbons (Fsp3) is 0.619. The molecule has 28 heavy (non-hydrogen) atoms. The molecule has 0 spiro atoms. The number of guanidine groups is 1. The van der Waals surface area contributed by atoms with Crippen molar-refractivity contribution < 1.29 is 14.3 Å². The van der Waals surface area contributed by atoms with Gasteiger partial charge >= 0.3 is 6.09 Å². The van der Waals surface area contributed by atoms with E-state index in [2.05, 4.69) is 40.0 Å². The molecule has 156 valence electrons. The number of aliphatic imine (C=N–C) groups is 1. The summed E-state index contributed by atoms with van der Waals surface area (Å²) in [7, 11) is 1.70. The molecule has 1 unspecified atom stereocenters. The third-order valence-electron chi connectivity index (χ3n) is 4.68. The highest BCUT2D eigenvalue weighted by molar-refractivity contribution is 5.79. The maximum Gasteiger partial charge on any atom is 0.407 e. The Balaban J connectivity index is 1.90. The summed E-state index contributed by atoms with van der Waals surface area (Å²) < 4.78 is 10.5. The minimum Gasteiger partial charge on any atom is -0.496 e. The Morgan fingerprint density at radius 1 is 1.29 bits per heavy atom. The molecular weight excluding hydrogens is 356 g/mol. The number of aryl methyl sites for hydroxylation is 1. The van der Waals surface area contributed by atoms with Crippen molar-refractivity contribution in [1.82, 2.24) is 16.0 Å². The predicted octanol–water partition coefficient (Wildman–Crippen LogP) is 2.63. The van der Waals surface area contributed by atoms with Gasteiger partial charge in [-0.3, -0.25) is 4.99 Å². The van der Waals surface area contributed by atoms with Crippen LogP contribution in [0.3, 0.4) is 0 Å². The number of methoxy groups -OCH3 is 1. The van der Waals surface area contributed by atoms with E-state index < -0.39 is 0 Å². The minimum atomic E-state index is -0.362. The van der Waals surface area contributed by atoms with Gasteiger partial charge in [0, 0.05) is 13.1 Å². The molecule has 1 aliphatic carbocycles. The molecule has 0 aromatic heterocycles. The zero-order valence-electron chi connectivity index (χ0n) is 17.5. The largest absolute Gasteiger partial charge is 0.496 e. The number of rotatable bonds is 10. The minimum absolute atomic E-state index is 0.0198. The van der Waals surface area contributed by atoms with Crippen molar-refractivity contribution in [3.05, 3.63) is 29.3 Å². The second-order valence-electron chi connectivity index (χ2n) is 7.02. The Kier molecular flexibility index (Phi) is 8.91.